The maximum Gasteiger partial charge on any atom is 0.166 e. The Kier molecular flexibility index (Phi) is 2.05. The predicted octanol–water partition coefficient (Wildman–Crippen LogP) is 2.10. The summed E-state index contributed by atoms with van der Waals surface area (Å²) in [6.07, 6.45) is 6.42. The highest BCUT2D eigenvalue weighted by atomic mass is 16.1. The van der Waals surface area contributed by atoms with E-state index in [0.29, 0.717) is 12.3 Å². The summed E-state index contributed by atoms with van der Waals surface area (Å²) in [5.74, 6) is 0.732. The van der Waals surface area contributed by atoms with Gasteiger partial charge in [0.05, 0.1) is 0 Å². The zero-order chi connectivity index (χ0) is 7.56. The fraction of sp³-hybridized carbons (Fsp3) is 0.444. The van der Waals surface area contributed by atoms with Gasteiger partial charge in [0, 0.05) is 12.0 Å². The van der Waals surface area contributed by atoms with Crippen molar-refractivity contribution in [3.63, 3.8) is 0 Å². The zero-order valence-electron chi connectivity index (χ0n) is 6.42. The van der Waals surface area contributed by atoms with Gasteiger partial charge in [-0.2, -0.15) is 0 Å². The van der Waals surface area contributed by atoms with E-state index in [1.165, 1.54) is 0 Å². The van der Waals surface area contributed by atoms with E-state index >= 15 is 0 Å². The zero-order valence-corrected chi connectivity index (χ0v) is 6.42. The number of ketones is 1. The van der Waals surface area contributed by atoms with Crippen LogP contribution in [0.5, 0.6) is 0 Å². The molecule has 0 unspecified atom stereocenters. The Morgan fingerprint density at radius 1 is 1.60 bits per heavy atom. The summed E-state index contributed by atoms with van der Waals surface area (Å²) in [6.45, 7) is 4.15. The Bertz CT molecular complexity index is 197. The van der Waals surface area contributed by atoms with Crippen LogP contribution in [0.1, 0.15) is 20.3 Å². The molecule has 1 aliphatic rings. The summed E-state index contributed by atoms with van der Waals surface area (Å²) in [6, 6.07) is 0. The molecule has 0 N–H and O–H groups in total. The number of carbonyl (C=O) groups excluding carboxylic acids is 1. The molecule has 0 atom stereocenters. The topological polar surface area (TPSA) is 17.1 Å². The number of hydrogen-bond donors (Lipinski definition) is 0. The Hall–Kier alpha value is -0.850. The van der Waals surface area contributed by atoms with E-state index in [-0.39, 0.29) is 5.78 Å². The molecule has 0 aliphatic heterocycles. The lowest BCUT2D eigenvalue weighted by Gasteiger charge is -1.95. The van der Waals surface area contributed by atoms with Crippen molar-refractivity contribution in [1.29, 1.82) is 0 Å². The molecule has 1 heteroatoms. The largest absolute Gasteiger partial charge is 0.294 e. The Morgan fingerprint density at radius 2 is 2.30 bits per heavy atom. The summed E-state index contributed by atoms with van der Waals surface area (Å²) in [7, 11) is 0. The first-order chi connectivity index (χ1) is 4.70. The van der Waals surface area contributed by atoms with Crippen molar-refractivity contribution in [2.45, 2.75) is 20.3 Å². The molecule has 0 aromatic heterocycles. The van der Waals surface area contributed by atoms with E-state index < -0.39 is 0 Å². The molecular formula is C9H12O. The molecule has 0 bridgehead atoms. The monoisotopic (exact) mass is 136 g/mol. The van der Waals surface area contributed by atoms with Gasteiger partial charge >= 0.3 is 0 Å². The lowest BCUT2D eigenvalue weighted by Crippen LogP contribution is -1.94. The van der Waals surface area contributed by atoms with E-state index in [1.807, 2.05) is 18.2 Å². The minimum absolute atomic E-state index is 0.258. The van der Waals surface area contributed by atoms with E-state index in [9.17, 15) is 4.79 Å². The van der Waals surface area contributed by atoms with Gasteiger partial charge in [-0.3, -0.25) is 4.79 Å². The Morgan fingerprint density at radius 3 is 2.70 bits per heavy atom. The van der Waals surface area contributed by atoms with Crippen molar-refractivity contribution >= 4 is 5.78 Å². The molecule has 0 radical (unpaired) electrons. The second-order valence-electron chi connectivity index (χ2n) is 2.90. The van der Waals surface area contributed by atoms with Gasteiger partial charge in [0.2, 0.25) is 0 Å². The molecule has 0 spiro atoms. The van der Waals surface area contributed by atoms with Crippen LogP contribution in [0.3, 0.4) is 0 Å². The van der Waals surface area contributed by atoms with Crippen molar-refractivity contribution in [2.24, 2.45) is 5.92 Å². The van der Waals surface area contributed by atoms with Crippen LogP contribution in [0.15, 0.2) is 23.8 Å². The molecule has 1 nitrogen and oxygen atoms in total. The van der Waals surface area contributed by atoms with E-state index in [0.717, 1.165) is 5.57 Å². The highest BCUT2D eigenvalue weighted by Crippen LogP contribution is 2.13. The standard InChI is InChI=1S/C9H12O/c1-7(2)6-8-4-3-5-9(8)10/h3-4,6-7H,5H2,1-2H3. The van der Waals surface area contributed by atoms with Crippen LogP contribution < -0.4 is 0 Å². The molecule has 1 rings (SSSR count). The van der Waals surface area contributed by atoms with Gasteiger partial charge in [-0.15, -0.1) is 0 Å². The molecule has 54 valence electrons. The fourth-order valence-electron chi connectivity index (χ4n) is 1.01. The normalized spacial score (nSPS) is 21.5. The van der Waals surface area contributed by atoms with Gasteiger partial charge < -0.3 is 0 Å². The highest BCUT2D eigenvalue weighted by Gasteiger charge is 2.09. The summed E-state index contributed by atoms with van der Waals surface area (Å²) in [5.41, 5.74) is 0.884. The molecule has 0 saturated carbocycles. The molecular weight excluding hydrogens is 124 g/mol. The van der Waals surface area contributed by atoms with Crippen LogP contribution in [0.4, 0.5) is 0 Å². The van der Waals surface area contributed by atoms with Crippen molar-refractivity contribution in [1.82, 2.24) is 0 Å². The maximum absolute atomic E-state index is 11.0. The number of rotatable bonds is 1. The molecule has 1 aliphatic carbocycles. The number of hydrogen-bond acceptors (Lipinski definition) is 1. The summed E-state index contributed by atoms with van der Waals surface area (Å²) < 4.78 is 0. The van der Waals surface area contributed by atoms with Gasteiger partial charge in [0.15, 0.2) is 5.78 Å². The quantitative estimate of drug-likeness (QED) is 0.504. The molecule has 10 heavy (non-hydrogen) atoms. The summed E-state index contributed by atoms with van der Waals surface area (Å²) in [4.78, 5) is 11.0. The summed E-state index contributed by atoms with van der Waals surface area (Å²) in [5, 5.41) is 0. The minimum Gasteiger partial charge on any atom is -0.294 e. The highest BCUT2D eigenvalue weighted by molar-refractivity contribution is 6.01. The first-order valence-electron chi connectivity index (χ1n) is 3.61. The number of allylic oxidation sites excluding steroid dienone is 4. The third-order valence-electron chi connectivity index (χ3n) is 1.44. The van der Waals surface area contributed by atoms with Crippen LogP contribution in [-0.4, -0.2) is 5.78 Å². The molecule has 0 aromatic carbocycles. The van der Waals surface area contributed by atoms with Crippen LogP contribution in [0, 0.1) is 5.92 Å². The summed E-state index contributed by atoms with van der Waals surface area (Å²) >= 11 is 0. The average Bonchev–Trinajstić information content (AvgIpc) is 2.15. The van der Waals surface area contributed by atoms with Crippen molar-refractivity contribution in [3.05, 3.63) is 23.8 Å². The fourth-order valence-corrected chi connectivity index (χ4v) is 1.01. The first kappa shape index (κ1) is 7.26. The van der Waals surface area contributed by atoms with Crippen LogP contribution in [0.2, 0.25) is 0 Å². The second kappa shape index (κ2) is 2.82. The van der Waals surface area contributed by atoms with Crippen LogP contribution in [0.25, 0.3) is 0 Å². The molecule has 0 amide bonds. The van der Waals surface area contributed by atoms with E-state index in [4.69, 9.17) is 0 Å². The smallest absolute Gasteiger partial charge is 0.166 e. The third-order valence-corrected chi connectivity index (χ3v) is 1.44. The van der Waals surface area contributed by atoms with E-state index in [1.54, 1.807) is 0 Å². The first-order valence-corrected chi connectivity index (χ1v) is 3.61. The van der Waals surface area contributed by atoms with E-state index in [2.05, 4.69) is 13.8 Å². The third kappa shape index (κ3) is 1.56. The Labute approximate surface area is 61.4 Å². The maximum atomic E-state index is 11.0. The number of carbonyl (C=O) groups is 1. The van der Waals surface area contributed by atoms with Gasteiger partial charge in [0.1, 0.15) is 0 Å². The molecule has 0 aromatic rings. The Balaban J connectivity index is 2.72. The molecule has 0 heterocycles. The van der Waals surface area contributed by atoms with Crippen molar-refractivity contribution in [3.8, 4) is 0 Å². The van der Waals surface area contributed by atoms with Crippen molar-refractivity contribution in [2.75, 3.05) is 0 Å². The lowest BCUT2D eigenvalue weighted by atomic mass is 10.1. The van der Waals surface area contributed by atoms with Gasteiger partial charge in [-0.1, -0.05) is 32.1 Å². The molecule has 0 saturated heterocycles. The second-order valence-corrected chi connectivity index (χ2v) is 2.90. The number of Topliss-reactive ketones (excluding diaryl/α,β-unsaturated/α-hetero) is 1. The van der Waals surface area contributed by atoms with Gasteiger partial charge in [-0.25, -0.2) is 0 Å². The minimum atomic E-state index is 0.258. The van der Waals surface area contributed by atoms with Gasteiger partial charge in [-0.05, 0) is 5.92 Å². The van der Waals surface area contributed by atoms with Crippen LogP contribution in [-0.2, 0) is 4.79 Å². The SMILES string of the molecule is CC(C)C=C1C=CCC1=O. The predicted molar refractivity (Wildman–Crippen MR) is 41.7 cm³/mol. The van der Waals surface area contributed by atoms with Crippen LogP contribution >= 0.6 is 0 Å². The van der Waals surface area contributed by atoms with Gasteiger partial charge in [0.25, 0.3) is 0 Å². The average molecular weight is 136 g/mol. The molecule has 0 fully saturated rings. The van der Waals surface area contributed by atoms with Crippen molar-refractivity contribution < 1.29 is 4.79 Å². The lowest BCUT2D eigenvalue weighted by molar-refractivity contribution is -0.114.